The van der Waals surface area contributed by atoms with Gasteiger partial charge in [0.2, 0.25) is 0 Å². The van der Waals surface area contributed by atoms with Crippen LogP contribution in [-0.2, 0) is 4.74 Å². The first-order valence-corrected chi connectivity index (χ1v) is 6.42. The fourth-order valence-electron chi connectivity index (χ4n) is 3.01. The number of amides is 2. The quantitative estimate of drug-likeness (QED) is 0.737. The molecule has 0 radical (unpaired) electrons. The SMILES string of the molecule is CC1=CN([C@@H]2C[C@H]3CCC(O)C3O2)C(=O)NC=C1. The van der Waals surface area contributed by atoms with E-state index in [1.165, 1.54) is 0 Å². The van der Waals surface area contributed by atoms with Crippen LogP contribution in [0, 0.1) is 5.92 Å². The van der Waals surface area contributed by atoms with Gasteiger partial charge in [-0.05, 0) is 43.8 Å². The number of hydrogen-bond donors (Lipinski definition) is 2. The second-order valence-corrected chi connectivity index (χ2v) is 5.26. The third kappa shape index (κ3) is 1.93. The Kier molecular flexibility index (Phi) is 2.87. The maximum atomic E-state index is 11.9. The van der Waals surface area contributed by atoms with E-state index in [0.717, 1.165) is 24.8 Å². The molecule has 2 N–H and O–H groups in total. The van der Waals surface area contributed by atoms with Crippen molar-refractivity contribution in [1.82, 2.24) is 10.2 Å². The number of fused-ring (bicyclic) bond motifs is 1. The molecule has 0 aromatic carbocycles. The Hall–Kier alpha value is -1.33. The summed E-state index contributed by atoms with van der Waals surface area (Å²) in [6.45, 7) is 1.94. The lowest BCUT2D eigenvalue weighted by atomic mass is 10.0. The minimum Gasteiger partial charge on any atom is -0.390 e. The summed E-state index contributed by atoms with van der Waals surface area (Å²) < 4.78 is 5.85. The molecule has 5 heteroatoms. The van der Waals surface area contributed by atoms with Crippen LogP contribution < -0.4 is 5.32 Å². The number of aliphatic hydroxyl groups is 1. The van der Waals surface area contributed by atoms with E-state index in [1.54, 1.807) is 17.3 Å². The Morgan fingerprint density at radius 2 is 2.33 bits per heavy atom. The van der Waals surface area contributed by atoms with E-state index in [2.05, 4.69) is 5.32 Å². The Balaban J connectivity index is 1.76. The highest BCUT2D eigenvalue weighted by atomic mass is 16.5. The van der Waals surface area contributed by atoms with Gasteiger partial charge in [0.05, 0.1) is 12.2 Å². The molecule has 0 bridgehead atoms. The molecule has 1 aliphatic carbocycles. The number of urea groups is 1. The fraction of sp³-hybridized carbons (Fsp3) is 0.615. The summed E-state index contributed by atoms with van der Waals surface area (Å²) in [4.78, 5) is 13.5. The van der Waals surface area contributed by atoms with Crippen molar-refractivity contribution in [2.24, 2.45) is 5.92 Å². The van der Waals surface area contributed by atoms with Crippen molar-refractivity contribution in [3.8, 4) is 0 Å². The Morgan fingerprint density at radius 3 is 3.11 bits per heavy atom. The molecule has 5 nitrogen and oxygen atoms in total. The molecule has 4 atom stereocenters. The highest BCUT2D eigenvalue weighted by molar-refractivity contribution is 5.77. The molecule has 2 amide bonds. The molecule has 1 saturated heterocycles. The van der Waals surface area contributed by atoms with Crippen molar-refractivity contribution in [3.63, 3.8) is 0 Å². The summed E-state index contributed by atoms with van der Waals surface area (Å²) >= 11 is 0. The van der Waals surface area contributed by atoms with Crippen LogP contribution in [0.15, 0.2) is 24.0 Å². The third-order valence-electron chi connectivity index (χ3n) is 3.94. The zero-order chi connectivity index (χ0) is 12.7. The van der Waals surface area contributed by atoms with Crippen LogP contribution in [0.25, 0.3) is 0 Å². The summed E-state index contributed by atoms with van der Waals surface area (Å²) in [7, 11) is 0. The maximum absolute atomic E-state index is 11.9. The second-order valence-electron chi connectivity index (χ2n) is 5.26. The Bertz CT molecular complexity index is 418. The number of nitrogens with zero attached hydrogens (tertiary/aromatic N) is 1. The number of nitrogens with one attached hydrogen (secondary N) is 1. The monoisotopic (exact) mass is 250 g/mol. The standard InChI is InChI=1S/C13H18N2O3/c1-8-4-5-14-13(17)15(7-8)11-6-9-2-3-10(16)12(9)18-11/h4-5,7,9-12,16H,2-3,6H2,1H3,(H,14,17)/t9-,10?,11+,12?/m1/s1. The lowest BCUT2D eigenvalue weighted by Gasteiger charge is -2.25. The molecule has 3 aliphatic rings. The van der Waals surface area contributed by atoms with E-state index in [-0.39, 0.29) is 24.5 Å². The minimum absolute atomic E-state index is 0.104. The van der Waals surface area contributed by atoms with Crippen LogP contribution >= 0.6 is 0 Å². The molecule has 0 spiro atoms. The fourth-order valence-corrected chi connectivity index (χ4v) is 3.01. The van der Waals surface area contributed by atoms with E-state index in [0.29, 0.717) is 5.92 Å². The summed E-state index contributed by atoms with van der Waals surface area (Å²) in [6, 6.07) is -0.178. The van der Waals surface area contributed by atoms with E-state index in [4.69, 9.17) is 4.74 Å². The summed E-state index contributed by atoms with van der Waals surface area (Å²) in [6.07, 6.45) is 7.15. The van der Waals surface area contributed by atoms with Crippen LogP contribution in [0.1, 0.15) is 26.2 Å². The number of carbonyl (C=O) groups excluding carboxylic acids is 1. The molecule has 2 aliphatic heterocycles. The highest BCUT2D eigenvalue weighted by Gasteiger charge is 2.46. The zero-order valence-electron chi connectivity index (χ0n) is 10.4. The van der Waals surface area contributed by atoms with Gasteiger partial charge in [0, 0.05) is 12.4 Å². The topological polar surface area (TPSA) is 61.8 Å². The molecule has 18 heavy (non-hydrogen) atoms. The molecule has 2 unspecified atom stereocenters. The van der Waals surface area contributed by atoms with E-state index >= 15 is 0 Å². The van der Waals surface area contributed by atoms with Gasteiger partial charge in [-0.2, -0.15) is 0 Å². The number of ether oxygens (including phenoxy) is 1. The molecule has 1 saturated carbocycles. The smallest absolute Gasteiger partial charge is 0.327 e. The van der Waals surface area contributed by atoms with Gasteiger partial charge in [-0.15, -0.1) is 0 Å². The van der Waals surface area contributed by atoms with E-state index in [1.807, 2.05) is 13.0 Å². The van der Waals surface area contributed by atoms with Crippen molar-refractivity contribution in [1.29, 1.82) is 0 Å². The van der Waals surface area contributed by atoms with Crippen LogP contribution in [0.2, 0.25) is 0 Å². The first-order valence-electron chi connectivity index (χ1n) is 6.42. The predicted octanol–water partition coefficient (Wildman–Crippen LogP) is 1.31. The molecule has 2 heterocycles. The molecular formula is C13H18N2O3. The van der Waals surface area contributed by atoms with Gasteiger partial charge in [0.15, 0.2) is 0 Å². The van der Waals surface area contributed by atoms with Gasteiger partial charge < -0.3 is 15.2 Å². The van der Waals surface area contributed by atoms with Gasteiger partial charge in [0.25, 0.3) is 0 Å². The lowest BCUT2D eigenvalue weighted by molar-refractivity contribution is -0.0627. The summed E-state index contributed by atoms with van der Waals surface area (Å²) in [5, 5.41) is 12.5. The second kappa shape index (κ2) is 4.40. The third-order valence-corrected chi connectivity index (χ3v) is 3.94. The summed E-state index contributed by atoms with van der Waals surface area (Å²) in [5.41, 5.74) is 0.995. The van der Waals surface area contributed by atoms with Crippen molar-refractivity contribution in [2.75, 3.05) is 0 Å². The summed E-state index contributed by atoms with van der Waals surface area (Å²) in [5.74, 6) is 0.378. The number of carbonyl (C=O) groups is 1. The number of rotatable bonds is 1. The highest BCUT2D eigenvalue weighted by Crippen LogP contribution is 2.40. The van der Waals surface area contributed by atoms with Gasteiger partial charge >= 0.3 is 6.03 Å². The first-order chi connectivity index (χ1) is 8.65. The van der Waals surface area contributed by atoms with Crippen LogP contribution in [-0.4, -0.2) is 34.5 Å². The van der Waals surface area contributed by atoms with Gasteiger partial charge in [-0.1, -0.05) is 0 Å². The predicted molar refractivity (Wildman–Crippen MR) is 65.3 cm³/mol. The number of aliphatic hydroxyl groups excluding tert-OH is 1. The lowest BCUT2D eigenvalue weighted by Crippen LogP contribution is -2.41. The van der Waals surface area contributed by atoms with Crippen molar-refractivity contribution >= 4 is 6.03 Å². The number of allylic oxidation sites excluding steroid dienone is 2. The van der Waals surface area contributed by atoms with Crippen molar-refractivity contribution < 1.29 is 14.6 Å². The number of hydrogen-bond acceptors (Lipinski definition) is 3. The van der Waals surface area contributed by atoms with Gasteiger partial charge in [0.1, 0.15) is 6.23 Å². The Morgan fingerprint density at radius 1 is 1.50 bits per heavy atom. The Labute approximate surface area is 106 Å². The van der Waals surface area contributed by atoms with Crippen molar-refractivity contribution in [2.45, 2.75) is 44.6 Å². The molecule has 98 valence electrons. The van der Waals surface area contributed by atoms with E-state index in [9.17, 15) is 9.90 Å². The maximum Gasteiger partial charge on any atom is 0.327 e. The van der Waals surface area contributed by atoms with Gasteiger partial charge in [-0.3, -0.25) is 4.90 Å². The van der Waals surface area contributed by atoms with Crippen LogP contribution in [0.4, 0.5) is 4.79 Å². The van der Waals surface area contributed by atoms with Crippen molar-refractivity contribution in [3.05, 3.63) is 24.0 Å². The van der Waals surface area contributed by atoms with E-state index < -0.39 is 0 Å². The minimum atomic E-state index is -0.377. The zero-order valence-corrected chi connectivity index (χ0v) is 10.4. The molecule has 0 aromatic rings. The molecular weight excluding hydrogens is 232 g/mol. The first kappa shape index (κ1) is 11.7. The molecule has 0 aromatic heterocycles. The largest absolute Gasteiger partial charge is 0.390 e. The average molecular weight is 250 g/mol. The normalized spacial score (nSPS) is 39.3. The van der Waals surface area contributed by atoms with Crippen LogP contribution in [0.3, 0.4) is 0 Å². The van der Waals surface area contributed by atoms with Gasteiger partial charge in [-0.25, -0.2) is 4.79 Å². The average Bonchev–Trinajstić information content (AvgIpc) is 2.84. The van der Waals surface area contributed by atoms with Crippen LogP contribution in [0.5, 0.6) is 0 Å². The molecule has 2 fully saturated rings. The molecule has 3 rings (SSSR count).